The average molecular weight is 516 g/mol. The van der Waals surface area contributed by atoms with Gasteiger partial charge in [0.05, 0.1) is 16.7 Å². The molecule has 1 atom stereocenters. The van der Waals surface area contributed by atoms with E-state index in [0.717, 1.165) is 0 Å². The number of alkyl halides is 9. The summed E-state index contributed by atoms with van der Waals surface area (Å²) in [5, 5.41) is 19.9. The molecule has 0 aromatic heterocycles. The molecular formula is C20H10F10N2O3. The van der Waals surface area contributed by atoms with E-state index in [1.165, 1.54) is 6.07 Å². The minimum absolute atomic E-state index is 0.342. The normalized spacial score (nSPS) is 14.2. The molecule has 0 aliphatic rings. The van der Waals surface area contributed by atoms with Crippen LogP contribution in [0.2, 0.25) is 0 Å². The van der Waals surface area contributed by atoms with E-state index >= 15 is 0 Å². The molecule has 0 spiro atoms. The Balaban J connectivity index is 2.85. The molecule has 5 nitrogen and oxygen atoms in total. The molecule has 0 fully saturated rings. The number of nitro groups is 1. The summed E-state index contributed by atoms with van der Waals surface area (Å²) in [6.45, 7) is -2.30. The van der Waals surface area contributed by atoms with Gasteiger partial charge in [-0.2, -0.15) is 44.8 Å². The Kier molecular flexibility index (Phi) is 7.21. The lowest BCUT2D eigenvalue weighted by Crippen LogP contribution is -2.49. The molecule has 0 radical (unpaired) electrons. The maximum Gasteiger partial charge on any atom is 0.416 e. The molecule has 0 aliphatic carbocycles. The van der Waals surface area contributed by atoms with Gasteiger partial charge in [-0.25, -0.2) is 4.39 Å². The third-order valence-corrected chi connectivity index (χ3v) is 4.95. The van der Waals surface area contributed by atoms with Gasteiger partial charge in [-0.05, 0) is 42.0 Å². The van der Waals surface area contributed by atoms with Gasteiger partial charge < -0.3 is 0 Å². The fourth-order valence-electron chi connectivity index (χ4n) is 3.21. The molecule has 0 heterocycles. The molecule has 0 saturated carbocycles. The lowest BCUT2D eigenvalue weighted by atomic mass is 9.73. The molecule has 2 aromatic rings. The van der Waals surface area contributed by atoms with Crippen molar-refractivity contribution in [2.24, 2.45) is 0 Å². The number of carbonyl (C=O) groups excluding carboxylic acids is 1. The summed E-state index contributed by atoms with van der Waals surface area (Å²) in [7, 11) is 0. The second-order valence-corrected chi connectivity index (χ2v) is 7.27. The zero-order valence-corrected chi connectivity index (χ0v) is 16.8. The number of hydrogen-bond donors (Lipinski definition) is 0. The predicted octanol–water partition coefficient (Wildman–Crippen LogP) is 6.08. The minimum atomic E-state index is -5.90. The molecule has 1 unspecified atom stereocenters. The number of ketones is 1. The largest absolute Gasteiger partial charge is 0.416 e. The summed E-state index contributed by atoms with van der Waals surface area (Å²) in [4.78, 5) is 22.1. The minimum Gasteiger partial charge on any atom is -0.294 e. The molecule has 0 aliphatic heterocycles. The van der Waals surface area contributed by atoms with E-state index in [2.05, 4.69) is 0 Å². The average Bonchev–Trinajstić information content (AvgIpc) is 2.70. The number of nitrogens with zero attached hydrogens (tertiary/aromatic N) is 2. The van der Waals surface area contributed by atoms with Crippen molar-refractivity contribution in [2.75, 3.05) is 6.54 Å². The third-order valence-electron chi connectivity index (χ3n) is 4.95. The maximum absolute atomic E-state index is 14.2. The van der Waals surface area contributed by atoms with Crippen LogP contribution in [-0.2, 0) is 17.8 Å². The molecule has 2 rings (SSSR count). The van der Waals surface area contributed by atoms with Crippen LogP contribution in [0, 0.1) is 27.3 Å². The van der Waals surface area contributed by atoms with Crippen LogP contribution in [0.25, 0.3) is 0 Å². The van der Waals surface area contributed by atoms with Crippen molar-refractivity contribution in [3.8, 4) is 6.07 Å². The fourth-order valence-corrected chi connectivity index (χ4v) is 3.21. The monoisotopic (exact) mass is 516 g/mol. The van der Waals surface area contributed by atoms with Gasteiger partial charge >= 0.3 is 18.5 Å². The SMILES string of the molecule is N#Cc1cc(C(=O)CC(C[N+](=O)[O-])(c2cc(C(F)(F)F)cc(C(F)(F)F)c2)C(F)(F)F)ccc1F. The van der Waals surface area contributed by atoms with Crippen LogP contribution in [0.15, 0.2) is 36.4 Å². The van der Waals surface area contributed by atoms with E-state index in [1.54, 1.807) is 0 Å². The molecule has 188 valence electrons. The van der Waals surface area contributed by atoms with E-state index in [9.17, 15) is 58.8 Å². The van der Waals surface area contributed by atoms with Crippen LogP contribution in [0.3, 0.4) is 0 Å². The quantitative estimate of drug-likeness (QED) is 0.202. The lowest BCUT2D eigenvalue weighted by Gasteiger charge is -2.33. The van der Waals surface area contributed by atoms with E-state index in [-0.39, 0.29) is 12.1 Å². The second-order valence-electron chi connectivity index (χ2n) is 7.27. The van der Waals surface area contributed by atoms with Gasteiger partial charge in [-0.1, -0.05) is 0 Å². The summed E-state index contributed by atoms with van der Waals surface area (Å²) in [6, 6.07) is 1.75. The Labute approximate surface area is 188 Å². The number of carbonyl (C=O) groups is 1. The van der Waals surface area contributed by atoms with Crippen molar-refractivity contribution < 1.29 is 53.6 Å². The number of Topliss-reactive ketones (excluding diaryl/α,β-unsaturated/α-hetero) is 1. The zero-order valence-electron chi connectivity index (χ0n) is 16.8. The van der Waals surface area contributed by atoms with Crippen LogP contribution in [0.4, 0.5) is 43.9 Å². The summed E-state index contributed by atoms with van der Waals surface area (Å²) >= 11 is 0. The Hall–Kier alpha value is -3.70. The first kappa shape index (κ1) is 27.5. The van der Waals surface area contributed by atoms with Gasteiger partial charge in [-0.15, -0.1) is 0 Å². The zero-order chi connectivity index (χ0) is 27.0. The van der Waals surface area contributed by atoms with Crippen molar-refractivity contribution in [1.29, 1.82) is 5.26 Å². The van der Waals surface area contributed by atoms with Crippen LogP contribution in [-0.4, -0.2) is 23.4 Å². The Morgan fingerprint density at radius 1 is 0.886 bits per heavy atom. The number of benzene rings is 2. The topological polar surface area (TPSA) is 84.0 Å². The molecule has 0 bridgehead atoms. The van der Waals surface area contributed by atoms with E-state index in [1.807, 2.05) is 0 Å². The number of hydrogen-bond acceptors (Lipinski definition) is 4. The van der Waals surface area contributed by atoms with Gasteiger partial charge in [0.15, 0.2) is 11.2 Å². The van der Waals surface area contributed by atoms with E-state index in [4.69, 9.17) is 5.26 Å². The Morgan fingerprint density at radius 3 is 1.77 bits per heavy atom. The van der Waals surface area contributed by atoms with Crippen LogP contribution < -0.4 is 0 Å². The van der Waals surface area contributed by atoms with Crippen molar-refractivity contribution >= 4 is 5.78 Å². The Morgan fingerprint density at radius 2 is 1.37 bits per heavy atom. The molecule has 15 heteroatoms. The van der Waals surface area contributed by atoms with Crippen molar-refractivity contribution in [3.63, 3.8) is 0 Å². The highest BCUT2D eigenvalue weighted by Crippen LogP contribution is 2.48. The highest BCUT2D eigenvalue weighted by Gasteiger charge is 2.61. The first-order chi connectivity index (χ1) is 15.8. The molecule has 0 amide bonds. The second kappa shape index (κ2) is 9.16. The highest BCUT2D eigenvalue weighted by molar-refractivity contribution is 5.97. The number of nitriles is 1. The van der Waals surface area contributed by atoms with Gasteiger partial charge in [-0.3, -0.25) is 14.9 Å². The fraction of sp³-hybridized carbons (Fsp3) is 0.300. The van der Waals surface area contributed by atoms with Gasteiger partial charge in [0.2, 0.25) is 6.54 Å². The van der Waals surface area contributed by atoms with Gasteiger partial charge in [0.25, 0.3) is 0 Å². The first-order valence-electron chi connectivity index (χ1n) is 9.03. The lowest BCUT2D eigenvalue weighted by molar-refractivity contribution is -0.501. The number of rotatable bonds is 6. The first-order valence-corrected chi connectivity index (χ1v) is 9.03. The summed E-state index contributed by atoms with van der Waals surface area (Å²) in [5.74, 6) is -2.82. The molecule has 35 heavy (non-hydrogen) atoms. The van der Waals surface area contributed by atoms with Gasteiger partial charge in [0, 0.05) is 16.9 Å². The van der Waals surface area contributed by atoms with Crippen LogP contribution >= 0.6 is 0 Å². The van der Waals surface area contributed by atoms with E-state index in [0.29, 0.717) is 18.2 Å². The molecule has 2 aromatic carbocycles. The van der Waals surface area contributed by atoms with Crippen molar-refractivity contribution in [2.45, 2.75) is 30.4 Å². The molecule has 0 saturated heterocycles. The maximum atomic E-state index is 14.2. The standard InChI is InChI=1S/C20H10F10N2O3/c21-15-2-1-10(3-11(15)8-31)16(33)7-17(9-32(34)35,20(28,29)30)12-4-13(18(22,23)24)6-14(5-12)19(25,26)27/h1-6H,7,9H2. The molecular weight excluding hydrogens is 506 g/mol. The molecule has 0 N–H and O–H groups in total. The summed E-state index contributed by atoms with van der Waals surface area (Å²) in [5.41, 5.74) is -11.9. The summed E-state index contributed by atoms with van der Waals surface area (Å²) in [6.07, 6.45) is -19.1. The number of halogens is 10. The van der Waals surface area contributed by atoms with Crippen LogP contribution in [0.5, 0.6) is 0 Å². The highest BCUT2D eigenvalue weighted by atomic mass is 19.4. The predicted molar refractivity (Wildman–Crippen MR) is 96.1 cm³/mol. The Bertz CT molecular complexity index is 1160. The smallest absolute Gasteiger partial charge is 0.294 e. The summed E-state index contributed by atoms with van der Waals surface area (Å²) < 4.78 is 135. The van der Waals surface area contributed by atoms with Crippen molar-refractivity contribution in [3.05, 3.63) is 80.1 Å². The van der Waals surface area contributed by atoms with Crippen molar-refractivity contribution in [1.82, 2.24) is 0 Å². The van der Waals surface area contributed by atoms with E-state index < -0.39 is 87.3 Å². The van der Waals surface area contributed by atoms with Crippen LogP contribution in [0.1, 0.15) is 39.0 Å². The third kappa shape index (κ3) is 5.87. The van der Waals surface area contributed by atoms with Gasteiger partial charge in [0.1, 0.15) is 11.9 Å².